The molecule has 0 saturated heterocycles. The summed E-state index contributed by atoms with van der Waals surface area (Å²) in [7, 11) is 0. The Bertz CT molecular complexity index is 1030. The second-order valence-corrected chi connectivity index (χ2v) is 7.29. The summed E-state index contributed by atoms with van der Waals surface area (Å²) in [5, 5.41) is 1.34. The van der Waals surface area contributed by atoms with Gasteiger partial charge in [0.1, 0.15) is 16.5 Å². The van der Waals surface area contributed by atoms with E-state index in [1.165, 1.54) is 11.8 Å². The third-order valence-electron chi connectivity index (χ3n) is 3.87. The van der Waals surface area contributed by atoms with Gasteiger partial charge in [-0.15, -0.1) is 0 Å². The van der Waals surface area contributed by atoms with Crippen LogP contribution in [0.15, 0.2) is 88.8 Å². The van der Waals surface area contributed by atoms with Crippen molar-refractivity contribution in [1.82, 2.24) is 0 Å². The Hall–Kier alpha value is -2.82. The first kappa shape index (κ1) is 17.6. The molecule has 3 nitrogen and oxygen atoms in total. The first-order chi connectivity index (χ1) is 13.2. The van der Waals surface area contributed by atoms with Crippen LogP contribution in [0.4, 0.5) is 0 Å². The van der Waals surface area contributed by atoms with E-state index in [0.717, 1.165) is 22.6 Å². The van der Waals surface area contributed by atoms with E-state index in [1.807, 2.05) is 72.8 Å². The minimum atomic E-state index is -0.227. The number of amides is 1. The third kappa shape index (κ3) is 4.30. The van der Waals surface area contributed by atoms with Gasteiger partial charge in [0.2, 0.25) is 0 Å². The van der Waals surface area contributed by atoms with Crippen molar-refractivity contribution < 1.29 is 9.53 Å². The van der Waals surface area contributed by atoms with Crippen molar-refractivity contribution in [2.24, 2.45) is 4.99 Å². The molecule has 0 aromatic heterocycles. The Morgan fingerprint density at radius 2 is 1.52 bits per heavy atom. The number of aliphatic imine (C=N–C) groups is 1. The minimum Gasteiger partial charge on any atom is -0.457 e. The van der Waals surface area contributed by atoms with E-state index in [0.29, 0.717) is 15.0 Å². The van der Waals surface area contributed by atoms with Crippen LogP contribution in [0.5, 0.6) is 11.5 Å². The summed E-state index contributed by atoms with van der Waals surface area (Å²) < 4.78 is 5.78. The van der Waals surface area contributed by atoms with E-state index in [4.69, 9.17) is 16.3 Å². The van der Waals surface area contributed by atoms with Gasteiger partial charge < -0.3 is 4.74 Å². The summed E-state index contributed by atoms with van der Waals surface area (Å²) in [4.78, 5) is 16.9. The number of carbonyl (C=O) groups is 1. The molecule has 3 aromatic rings. The van der Waals surface area contributed by atoms with E-state index in [-0.39, 0.29) is 5.91 Å². The van der Waals surface area contributed by atoms with Crippen LogP contribution in [0.1, 0.15) is 11.1 Å². The van der Waals surface area contributed by atoms with Crippen molar-refractivity contribution in [1.29, 1.82) is 0 Å². The van der Waals surface area contributed by atoms with Crippen LogP contribution in [0.3, 0.4) is 0 Å². The van der Waals surface area contributed by atoms with Gasteiger partial charge in [0.15, 0.2) is 0 Å². The Morgan fingerprint density at radius 3 is 2.22 bits per heavy atom. The Morgan fingerprint density at radius 1 is 0.852 bits per heavy atom. The molecule has 1 heterocycles. The molecule has 0 aliphatic carbocycles. The highest BCUT2D eigenvalue weighted by molar-refractivity contribution is 8.19. The lowest BCUT2D eigenvalue weighted by molar-refractivity contribution is -0.113. The summed E-state index contributed by atoms with van der Waals surface area (Å²) in [5.74, 6) is 1.30. The largest absolute Gasteiger partial charge is 0.457 e. The van der Waals surface area contributed by atoms with Gasteiger partial charge in [-0.2, -0.15) is 0 Å². The third-order valence-corrected chi connectivity index (χ3v) is 5.15. The van der Waals surface area contributed by atoms with Crippen LogP contribution in [0.25, 0.3) is 6.08 Å². The molecule has 1 aliphatic heterocycles. The lowest BCUT2D eigenvalue weighted by atomic mass is 10.2. The lowest BCUT2D eigenvalue weighted by Gasteiger charge is -2.05. The van der Waals surface area contributed by atoms with Crippen molar-refractivity contribution in [3.8, 4) is 11.5 Å². The number of benzene rings is 3. The number of nitrogens with zero attached hydrogens (tertiary/aromatic N) is 1. The van der Waals surface area contributed by atoms with Crippen LogP contribution >= 0.6 is 23.4 Å². The summed E-state index contributed by atoms with van der Waals surface area (Å²) in [6.07, 6.45) is 1.84. The normalized spacial score (nSPS) is 15.1. The highest BCUT2D eigenvalue weighted by Gasteiger charge is 2.22. The smallest absolute Gasteiger partial charge is 0.284 e. The molecule has 1 aliphatic rings. The van der Waals surface area contributed by atoms with E-state index in [1.54, 1.807) is 12.1 Å². The fourth-order valence-corrected chi connectivity index (χ4v) is 3.58. The molecule has 0 spiro atoms. The molecule has 1 amide bonds. The summed E-state index contributed by atoms with van der Waals surface area (Å²) in [6.45, 7) is 0. The molecule has 0 saturated carbocycles. The number of hydrogen-bond acceptors (Lipinski definition) is 3. The highest BCUT2D eigenvalue weighted by atomic mass is 35.5. The zero-order valence-electron chi connectivity index (χ0n) is 14.1. The van der Waals surface area contributed by atoms with Crippen molar-refractivity contribution in [3.05, 3.63) is 99.9 Å². The second kappa shape index (κ2) is 7.82. The van der Waals surface area contributed by atoms with Gasteiger partial charge in [0.25, 0.3) is 5.91 Å². The number of hydrogen-bond donors (Lipinski definition) is 0. The van der Waals surface area contributed by atoms with E-state index < -0.39 is 0 Å². The van der Waals surface area contributed by atoms with Crippen molar-refractivity contribution in [2.45, 2.75) is 0 Å². The summed E-state index contributed by atoms with van der Waals surface area (Å²) in [5.41, 5.74) is 1.80. The van der Waals surface area contributed by atoms with Gasteiger partial charge in [-0.05, 0) is 48.0 Å². The fourth-order valence-electron chi connectivity index (χ4n) is 2.53. The number of rotatable bonds is 4. The second-order valence-electron chi connectivity index (χ2n) is 5.82. The maximum Gasteiger partial charge on any atom is 0.284 e. The van der Waals surface area contributed by atoms with Crippen LogP contribution in [0.2, 0.25) is 5.02 Å². The van der Waals surface area contributed by atoms with Crippen molar-refractivity contribution in [3.63, 3.8) is 0 Å². The molecule has 27 heavy (non-hydrogen) atoms. The van der Waals surface area contributed by atoms with Crippen LogP contribution < -0.4 is 4.74 Å². The van der Waals surface area contributed by atoms with Gasteiger partial charge in [0.05, 0.1) is 4.91 Å². The Kier molecular flexibility index (Phi) is 5.10. The van der Waals surface area contributed by atoms with Crippen molar-refractivity contribution >= 4 is 40.4 Å². The van der Waals surface area contributed by atoms with Crippen LogP contribution in [-0.2, 0) is 4.79 Å². The molecule has 0 bridgehead atoms. The van der Waals surface area contributed by atoms with Gasteiger partial charge in [-0.1, -0.05) is 65.8 Å². The topological polar surface area (TPSA) is 38.7 Å². The molecule has 0 unspecified atom stereocenters. The van der Waals surface area contributed by atoms with Gasteiger partial charge in [-0.3, -0.25) is 4.79 Å². The summed E-state index contributed by atoms with van der Waals surface area (Å²) in [6, 6.07) is 24.5. The molecule has 4 rings (SSSR count). The molecule has 0 N–H and O–H groups in total. The lowest BCUT2D eigenvalue weighted by Crippen LogP contribution is -1.90. The molecular formula is C22H14ClNO2S. The number of ether oxygens (including phenoxy) is 1. The zero-order valence-corrected chi connectivity index (χ0v) is 15.7. The average molecular weight is 392 g/mol. The standard InChI is InChI=1S/C22H14ClNO2S/c23-17-10-8-16(9-11-17)22-24-21(25)20(27-22)14-15-6-12-19(13-7-15)26-18-4-2-1-3-5-18/h1-14H/b20-14-. The maximum atomic E-state index is 12.2. The Labute approximate surface area is 166 Å². The fraction of sp³-hybridized carbons (Fsp3) is 0. The average Bonchev–Trinajstić information content (AvgIpc) is 3.05. The molecular weight excluding hydrogens is 378 g/mol. The minimum absolute atomic E-state index is 0.227. The first-order valence-corrected chi connectivity index (χ1v) is 9.48. The van der Waals surface area contributed by atoms with Gasteiger partial charge >= 0.3 is 0 Å². The molecule has 5 heteroatoms. The molecule has 0 radical (unpaired) electrons. The number of para-hydroxylation sites is 1. The van der Waals surface area contributed by atoms with Crippen LogP contribution in [0, 0.1) is 0 Å². The summed E-state index contributed by atoms with van der Waals surface area (Å²) >= 11 is 7.28. The van der Waals surface area contributed by atoms with E-state index >= 15 is 0 Å². The van der Waals surface area contributed by atoms with Crippen molar-refractivity contribution in [2.75, 3.05) is 0 Å². The number of carbonyl (C=O) groups excluding carboxylic acids is 1. The Balaban J connectivity index is 1.47. The zero-order chi connectivity index (χ0) is 18.6. The monoisotopic (exact) mass is 391 g/mol. The molecule has 0 fully saturated rings. The quantitative estimate of drug-likeness (QED) is 0.497. The first-order valence-electron chi connectivity index (χ1n) is 8.29. The molecule has 0 atom stereocenters. The van der Waals surface area contributed by atoms with Crippen LogP contribution in [-0.4, -0.2) is 11.0 Å². The van der Waals surface area contributed by atoms with E-state index in [2.05, 4.69) is 4.99 Å². The molecule has 3 aromatic carbocycles. The molecule has 132 valence electrons. The predicted octanol–water partition coefficient (Wildman–Crippen LogP) is 6.19. The van der Waals surface area contributed by atoms with Gasteiger partial charge in [-0.25, -0.2) is 4.99 Å². The van der Waals surface area contributed by atoms with E-state index in [9.17, 15) is 4.79 Å². The highest BCUT2D eigenvalue weighted by Crippen LogP contribution is 2.32. The van der Waals surface area contributed by atoms with Gasteiger partial charge in [0, 0.05) is 10.6 Å². The number of halogens is 1. The number of thioether (sulfide) groups is 1. The SMILES string of the molecule is O=C1N=C(c2ccc(Cl)cc2)S/C1=C\c1ccc(Oc2ccccc2)cc1. The maximum absolute atomic E-state index is 12.2. The predicted molar refractivity (Wildman–Crippen MR) is 112 cm³/mol.